The molecular weight excluding hydrogens is 419 g/mol. The van der Waals surface area contributed by atoms with E-state index in [4.69, 9.17) is 0 Å². The average Bonchev–Trinajstić information content (AvgIpc) is 3.58. The summed E-state index contributed by atoms with van der Waals surface area (Å²) >= 11 is 0. The first-order chi connectivity index (χ1) is 16.1. The van der Waals surface area contributed by atoms with Gasteiger partial charge in [0.05, 0.1) is 16.9 Å². The second-order valence-electron chi connectivity index (χ2n) is 8.87. The zero-order valence-corrected chi connectivity index (χ0v) is 18.2. The molecule has 5 rings (SSSR count). The maximum Gasteiger partial charge on any atom is 0.259 e. The van der Waals surface area contributed by atoms with Gasteiger partial charge >= 0.3 is 0 Å². The van der Waals surface area contributed by atoms with Crippen LogP contribution in [0.4, 0.5) is 10.1 Å². The summed E-state index contributed by atoms with van der Waals surface area (Å²) in [5.74, 6) is -0.299. The molecule has 2 fully saturated rings. The number of carbonyl (C=O) groups excluding carboxylic acids is 2. The van der Waals surface area contributed by atoms with Crippen molar-refractivity contribution in [1.82, 2.24) is 15.3 Å². The van der Waals surface area contributed by atoms with Crippen LogP contribution in [0.15, 0.2) is 60.8 Å². The van der Waals surface area contributed by atoms with E-state index in [1.54, 1.807) is 12.1 Å². The monoisotopic (exact) mass is 444 g/mol. The third-order valence-corrected chi connectivity index (χ3v) is 6.78. The molecule has 0 radical (unpaired) electrons. The molecule has 7 heteroatoms. The van der Waals surface area contributed by atoms with Crippen molar-refractivity contribution in [3.63, 3.8) is 0 Å². The van der Waals surface area contributed by atoms with Gasteiger partial charge in [0.2, 0.25) is 5.91 Å². The summed E-state index contributed by atoms with van der Waals surface area (Å²) in [5.41, 5.74) is 1.95. The molecule has 1 aromatic heterocycles. The summed E-state index contributed by atoms with van der Waals surface area (Å²) in [6.07, 6.45) is 6.34. The second-order valence-corrected chi connectivity index (χ2v) is 8.87. The van der Waals surface area contributed by atoms with Gasteiger partial charge in [0.1, 0.15) is 5.82 Å². The van der Waals surface area contributed by atoms with Crippen molar-refractivity contribution < 1.29 is 14.0 Å². The van der Waals surface area contributed by atoms with E-state index in [1.165, 1.54) is 24.8 Å². The smallest absolute Gasteiger partial charge is 0.259 e. The van der Waals surface area contributed by atoms with Gasteiger partial charge in [-0.05, 0) is 36.8 Å². The molecule has 2 aliphatic carbocycles. The number of benzene rings is 2. The molecule has 0 aliphatic heterocycles. The molecular formula is C26H25FN4O2. The number of halogens is 1. The molecule has 168 valence electrons. The van der Waals surface area contributed by atoms with Crippen molar-refractivity contribution in [2.24, 2.45) is 11.3 Å². The van der Waals surface area contributed by atoms with Gasteiger partial charge < -0.3 is 10.6 Å². The van der Waals surface area contributed by atoms with Crippen molar-refractivity contribution in [2.75, 3.05) is 11.9 Å². The number of nitrogens with zero attached hydrogens (tertiary/aromatic N) is 2. The Bertz CT molecular complexity index is 1190. The molecule has 2 N–H and O–H groups in total. The van der Waals surface area contributed by atoms with Gasteiger partial charge in [0.25, 0.3) is 5.91 Å². The largest absolute Gasteiger partial charge is 0.355 e. The zero-order chi connectivity index (χ0) is 22.8. The van der Waals surface area contributed by atoms with E-state index < -0.39 is 11.7 Å². The maximum absolute atomic E-state index is 14.0. The molecule has 6 nitrogen and oxygen atoms in total. The number of nitrogens with one attached hydrogen (secondary N) is 2. The lowest BCUT2D eigenvalue weighted by Crippen LogP contribution is -2.31. The third-order valence-electron chi connectivity index (χ3n) is 6.78. The zero-order valence-electron chi connectivity index (χ0n) is 18.2. The number of rotatable bonds is 7. The van der Waals surface area contributed by atoms with E-state index in [9.17, 15) is 14.0 Å². The molecule has 0 unspecified atom stereocenters. The number of anilines is 1. The number of carbonyl (C=O) groups is 2. The summed E-state index contributed by atoms with van der Waals surface area (Å²) in [4.78, 5) is 34.4. The van der Waals surface area contributed by atoms with Crippen molar-refractivity contribution in [3.8, 4) is 11.4 Å². The van der Waals surface area contributed by atoms with Crippen LogP contribution in [0.3, 0.4) is 0 Å². The molecule has 2 saturated carbocycles. The summed E-state index contributed by atoms with van der Waals surface area (Å²) in [5, 5.41) is 5.61. The summed E-state index contributed by atoms with van der Waals surface area (Å²) in [7, 11) is 0. The van der Waals surface area contributed by atoms with Crippen LogP contribution in [-0.4, -0.2) is 28.3 Å². The summed E-state index contributed by atoms with van der Waals surface area (Å²) < 4.78 is 14.0. The van der Waals surface area contributed by atoms with Crippen molar-refractivity contribution >= 4 is 17.5 Å². The van der Waals surface area contributed by atoms with E-state index in [1.807, 2.05) is 30.3 Å². The lowest BCUT2D eigenvalue weighted by atomic mass is 9.80. The van der Waals surface area contributed by atoms with E-state index in [-0.39, 0.29) is 28.5 Å². The van der Waals surface area contributed by atoms with E-state index in [2.05, 4.69) is 20.6 Å². The molecule has 1 heterocycles. The fraction of sp³-hybridized carbons (Fsp3) is 0.308. The van der Waals surface area contributed by atoms with E-state index >= 15 is 0 Å². The number of aromatic nitrogens is 2. The molecule has 2 aromatic carbocycles. The highest BCUT2D eigenvalue weighted by Gasteiger charge is 2.60. The quantitative estimate of drug-likeness (QED) is 0.566. The Morgan fingerprint density at radius 3 is 2.52 bits per heavy atom. The Balaban J connectivity index is 1.34. The van der Waals surface area contributed by atoms with Gasteiger partial charge in [-0.3, -0.25) is 9.59 Å². The van der Waals surface area contributed by atoms with Crippen molar-refractivity contribution in [3.05, 3.63) is 77.9 Å². The molecule has 1 atom stereocenters. The van der Waals surface area contributed by atoms with Crippen LogP contribution < -0.4 is 10.6 Å². The molecule has 33 heavy (non-hydrogen) atoms. The van der Waals surface area contributed by atoms with Gasteiger partial charge in [-0.15, -0.1) is 0 Å². The van der Waals surface area contributed by atoms with Crippen molar-refractivity contribution in [1.29, 1.82) is 0 Å². The summed E-state index contributed by atoms with van der Waals surface area (Å²) in [6.45, 7) is 0.372. The first-order valence-electron chi connectivity index (χ1n) is 11.3. The SMILES string of the molecule is O=C(Nc1ccccc1F)c1cnc(-c2ccccc2)nc1CCNC(=O)[C@@H]1CC12CCC2. The van der Waals surface area contributed by atoms with Gasteiger partial charge in [-0.25, -0.2) is 14.4 Å². The maximum atomic E-state index is 14.0. The predicted octanol–water partition coefficient (Wildman–Crippen LogP) is 4.38. The first-order valence-corrected chi connectivity index (χ1v) is 11.3. The highest BCUT2D eigenvalue weighted by atomic mass is 19.1. The van der Waals surface area contributed by atoms with Gasteiger partial charge in [0, 0.05) is 30.6 Å². The Kier molecular flexibility index (Phi) is 5.62. The van der Waals surface area contributed by atoms with Crippen LogP contribution >= 0.6 is 0 Å². The third kappa shape index (κ3) is 4.35. The average molecular weight is 445 g/mol. The minimum atomic E-state index is -0.518. The van der Waals surface area contributed by atoms with Crippen LogP contribution in [0.25, 0.3) is 11.4 Å². The summed E-state index contributed by atoms with van der Waals surface area (Å²) in [6, 6.07) is 15.5. The topological polar surface area (TPSA) is 84.0 Å². The fourth-order valence-corrected chi connectivity index (χ4v) is 4.61. The predicted molar refractivity (Wildman–Crippen MR) is 123 cm³/mol. The normalized spacial score (nSPS) is 17.8. The van der Waals surface area contributed by atoms with Crippen LogP contribution in [0.2, 0.25) is 0 Å². The Hall–Kier alpha value is -3.61. The molecule has 0 bridgehead atoms. The van der Waals surface area contributed by atoms with Crippen molar-refractivity contribution in [2.45, 2.75) is 32.1 Å². The van der Waals surface area contributed by atoms with Gasteiger partial charge in [-0.2, -0.15) is 0 Å². The highest BCUT2D eigenvalue weighted by Crippen LogP contribution is 2.65. The molecule has 3 aromatic rings. The van der Waals surface area contributed by atoms with Crippen LogP contribution in [0.1, 0.15) is 41.7 Å². The molecule has 0 saturated heterocycles. The van der Waals surface area contributed by atoms with Crippen LogP contribution in [0.5, 0.6) is 0 Å². The number of hydrogen-bond acceptors (Lipinski definition) is 4. The minimum absolute atomic E-state index is 0.0874. The number of hydrogen-bond donors (Lipinski definition) is 2. The molecule has 1 spiro atoms. The lowest BCUT2D eigenvalue weighted by Gasteiger charge is -2.26. The second kappa shape index (κ2) is 8.73. The first kappa shape index (κ1) is 21.2. The van der Waals surface area contributed by atoms with E-state index in [0.717, 1.165) is 24.8 Å². The van der Waals surface area contributed by atoms with Gasteiger partial charge in [0.15, 0.2) is 5.82 Å². The highest BCUT2D eigenvalue weighted by molar-refractivity contribution is 6.05. The van der Waals surface area contributed by atoms with Gasteiger partial charge in [-0.1, -0.05) is 48.9 Å². The van der Waals surface area contributed by atoms with Crippen LogP contribution in [-0.2, 0) is 11.2 Å². The Morgan fingerprint density at radius 1 is 1.06 bits per heavy atom. The fourth-order valence-electron chi connectivity index (χ4n) is 4.61. The standard InChI is InChI=1S/C26H25FN4O2/c27-20-9-4-5-10-22(20)31-24(32)18-16-29-23(17-7-2-1-3-8-17)30-21(18)11-14-28-25(33)19-15-26(19)12-6-13-26/h1-5,7-10,16,19H,6,11-15H2,(H,28,33)(H,31,32)/t19-/m0/s1. The number of para-hydroxylation sites is 1. The van der Waals surface area contributed by atoms with E-state index in [0.29, 0.717) is 24.5 Å². The Labute approximate surface area is 191 Å². The molecule has 2 aliphatic rings. The molecule has 2 amide bonds. The van der Waals surface area contributed by atoms with Crippen LogP contribution in [0, 0.1) is 17.2 Å². The minimum Gasteiger partial charge on any atom is -0.355 e. The Morgan fingerprint density at radius 2 is 1.82 bits per heavy atom. The lowest BCUT2D eigenvalue weighted by molar-refractivity contribution is -0.123. The number of amides is 2.